The predicted octanol–water partition coefficient (Wildman–Crippen LogP) is 2.64. The van der Waals surface area contributed by atoms with E-state index in [0.717, 1.165) is 6.42 Å². The van der Waals surface area contributed by atoms with Crippen LogP contribution in [-0.2, 0) is 0 Å². The molecule has 1 heterocycles. The Labute approximate surface area is 103 Å². The summed E-state index contributed by atoms with van der Waals surface area (Å²) in [5.41, 5.74) is 0.651. The largest absolute Gasteiger partial charge is 0.349 e. The number of nitrogens with zero attached hydrogens (tertiary/aromatic N) is 1. The fourth-order valence-corrected chi connectivity index (χ4v) is 2.53. The molecule has 0 unspecified atom stereocenters. The summed E-state index contributed by atoms with van der Waals surface area (Å²) in [6, 6.07) is 3.91. The summed E-state index contributed by atoms with van der Waals surface area (Å²) in [6.45, 7) is 4.51. The number of carbonyl (C=O) groups is 1. The highest BCUT2D eigenvalue weighted by atomic mass is 16.1. The van der Waals surface area contributed by atoms with E-state index in [1.165, 1.54) is 12.8 Å². The van der Waals surface area contributed by atoms with Gasteiger partial charge in [-0.25, -0.2) is 0 Å². The average Bonchev–Trinajstić information content (AvgIpc) is 2.36. The van der Waals surface area contributed by atoms with Crippen LogP contribution in [0.25, 0.3) is 0 Å². The minimum atomic E-state index is 0.00375. The Morgan fingerprint density at radius 2 is 2.24 bits per heavy atom. The monoisotopic (exact) mass is 232 g/mol. The Hall–Kier alpha value is -1.38. The van der Waals surface area contributed by atoms with Crippen molar-refractivity contribution < 1.29 is 4.79 Å². The lowest BCUT2D eigenvalue weighted by molar-refractivity contribution is 0.0890. The minimum Gasteiger partial charge on any atom is -0.349 e. The van der Waals surface area contributed by atoms with Crippen molar-refractivity contribution in [3.8, 4) is 0 Å². The van der Waals surface area contributed by atoms with Crippen LogP contribution in [-0.4, -0.2) is 16.9 Å². The van der Waals surface area contributed by atoms with Crippen LogP contribution in [0.15, 0.2) is 24.5 Å². The molecule has 1 N–H and O–H groups in total. The van der Waals surface area contributed by atoms with E-state index >= 15 is 0 Å². The third-order valence-electron chi connectivity index (χ3n) is 3.95. The maximum absolute atomic E-state index is 12.0. The van der Waals surface area contributed by atoms with Crippen LogP contribution in [0.1, 0.15) is 43.5 Å². The van der Waals surface area contributed by atoms with E-state index in [1.54, 1.807) is 24.5 Å². The Morgan fingerprint density at radius 1 is 1.41 bits per heavy atom. The SMILES string of the molecule is C[C@@H]1[C@H](C)CCC[C@H]1NC(=O)c1cccnc1. The number of hydrogen-bond donors (Lipinski definition) is 1. The van der Waals surface area contributed by atoms with Crippen LogP contribution in [0.3, 0.4) is 0 Å². The molecule has 3 heteroatoms. The molecule has 3 nitrogen and oxygen atoms in total. The van der Waals surface area contributed by atoms with Gasteiger partial charge in [-0.2, -0.15) is 0 Å². The quantitative estimate of drug-likeness (QED) is 0.851. The molecular formula is C14H20N2O. The first kappa shape index (κ1) is 12.1. The zero-order valence-electron chi connectivity index (χ0n) is 10.5. The van der Waals surface area contributed by atoms with Crippen molar-refractivity contribution in [3.05, 3.63) is 30.1 Å². The highest BCUT2D eigenvalue weighted by Crippen LogP contribution is 2.29. The second kappa shape index (κ2) is 5.30. The number of aromatic nitrogens is 1. The first-order chi connectivity index (χ1) is 8.18. The zero-order chi connectivity index (χ0) is 12.3. The summed E-state index contributed by atoms with van der Waals surface area (Å²) in [5, 5.41) is 3.14. The molecule has 1 amide bonds. The molecule has 1 aliphatic carbocycles. The standard InChI is InChI=1S/C14H20N2O/c1-10-5-3-7-13(11(10)2)16-14(17)12-6-4-8-15-9-12/h4,6,8-11,13H,3,5,7H2,1-2H3,(H,16,17)/t10-,11-,13-/m1/s1. The van der Waals surface area contributed by atoms with Gasteiger partial charge in [0.1, 0.15) is 0 Å². The van der Waals surface area contributed by atoms with E-state index in [2.05, 4.69) is 24.1 Å². The second-order valence-electron chi connectivity index (χ2n) is 5.09. The van der Waals surface area contributed by atoms with E-state index in [9.17, 15) is 4.79 Å². The average molecular weight is 232 g/mol. The summed E-state index contributed by atoms with van der Waals surface area (Å²) >= 11 is 0. The van der Waals surface area contributed by atoms with E-state index in [4.69, 9.17) is 0 Å². The van der Waals surface area contributed by atoms with Gasteiger partial charge in [0.25, 0.3) is 5.91 Å². The van der Waals surface area contributed by atoms with Crippen LogP contribution in [0.4, 0.5) is 0 Å². The first-order valence-corrected chi connectivity index (χ1v) is 6.39. The van der Waals surface area contributed by atoms with Crippen LogP contribution in [0.5, 0.6) is 0 Å². The number of pyridine rings is 1. The van der Waals surface area contributed by atoms with Crippen molar-refractivity contribution >= 4 is 5.91 Å². The van der Waals surface area contributed by atoms with Crippen molar-refractivity contribution in [3.63, 3.8) is 0 Å². The lowest BCUT2D eigenvalue weighted by Crippen LogP contribution is -2.43. The lowest BCUT2D eigenvalue weighted by atomic mass is 9.78. The van der Waals surface area contributed by atoms with Gasteiger partial charge in [0.15, 0.2) is 0 Å². The molecule has 1 aromatic rings. The maximum Gasteiger partial charge on any atom is 0.253 e. The van der Waals surface area contributed by atoms with Gasteiger partial charge in [-0.15, -0.1) is 0 Å². The Morgan fingerprint density at radius 3 is 2.94 bits per heavy atom. The van der Waals surface area contributed by atoms with Crippen molar-refractivity contribution in [2.75, 3.05) is 0 Å². The second-order valence-corrected chi connectivity index (χ2v) is 5.09. The van der Waals surface area contributed by atoms with Crippen LogP contribution >= 0.6 is 0 Å². The maximum atomic E-state index is 12.0. The van der Waals surface area contributed by atoms with Gasteiger partial charge >= 0.3 is 0 Å². The summed E-state index contributed by atoms with van der Waals surface area (Å²) in [4.78, 5) is 16.0. The molecule has 0 aliphatic heterocycles. The Bertz CT molecular complexity index is 377. The fourth-order valence-electron chi connectivity index (χ4n) is 2.53. The molecule has 0 aromatic carbocycles. The van der Waals surface area contributed by atoms with Gasteiger partial charge < -0.3 is 5.32 Å². The number of carbonyl (C=O) groups excluding carboxylic acids is 1. The molecule has 1 aromatic heterocycles. The molecule has 1 fully saturated rings. The van der Waals surface area contributed by atoms with Crippen molar-refractivity contribution in [1.82, 2.24) is 10.3 Å². The molecular weight excluding hydrogens is 212 g/mol. The van der Waals surface area contributed by atoms with Gasteiger partial charge in [0.2, 0.25) is 0 Å². The summed E-state index contributed by atoms with van der Waals surface area (Å²) < 4.78 is 0. The van der Waals surface area contributed by atoms with Crippen molar-refractivity contribution in [2.45, 2.75) is 39.2 Å². The van der Waals surface area contributed by atoms with E-state index in [0.29, 0.717) is 23.4 Å². The first-order valence-electron chi connectivity index (χ1n) is 6.39. The molecule has 1 aliphatic rings. The molecule has 3 atom stereocenters. The van der Waals surface area contributed by atoms with E-state index < -0.39 is 0 Å². The minimum absolute atomic E-state index is 0.00375. The molecule has 17 heavy (non-hydrogen) atoms. The molecule has 92 valence electrons. The number of nitrogens with one attached hydrogen (secondary N) is 1. The smallest absolute Gasteiger partial charge is 0.253 e. The van der Waals surface area contributed by atoms with Gasteiger partial charge in [0, 0.05) is 18.4 Å². The molecule has 1 saturated carbocycles. The van der Waals surface area contributed by atoms with E-state index in [-0.39, 0.29) is 5.91 Å². The van der Waals surface area contributed by atoms with Crippen molar-refractivity contribution in [1.29, 1.82) is 0 Å². The molecule has 0 radical (unpaired) electrons. The Kier molecular flexibility index (Phi) is 3.77. The normalized spacial score (nSPS) is 28.7. The number of amides is 1. The third-order valence-corrected chi connectivity index (χ3v) is 3.95. The number of rotatable bonds is 2. The summed E-state index contributed by atoms with van der Waals surface area (Å²) in [7, 11) is 0. The lowest BCUT2D eigenvalue weighted by Gasteiger charge is -2.34. The summed E-state index contributed by atoms with van der Waals surface area (Å²) in [5.74, 6) is 1.26. The van der Waals surface area contributed by atoms with Gasteiger partial charge in [0.05, 0.1) is 5.56 Å². The number of hydrogen-bond acceptors (Lipinski definition) is 2. The van der Waals surface area contributed by atoms with Crippen molar-refractivity contribution in [2.24, 2.45) is 11.8 Å². The molecule has 2 rings (SSSR count). The van der Waals surface area contributed by atoms with Crippen LogP contribution < -0.4 is 5.32 Å². The molecule has 0 saturated heterocycles. The van der Waals surface area contributed by atoms with Crippen LogP contribution in [0, 0.1) is 11.8 Å². The predicted molar refractivity (Wildman–Crippen MR) is 67.7 cm³/mol. The molecule has 0 bridgehead atoms. The fraction of sp³-hybridized carbons (Fsp3) is 0.571. The zero-order valence-corrected chi connectivity index (χ0v) is 10.5. The Balaban J connectivity index is 1.99. The highest BCUT2D eigenvalue weighted by Gasteiger charge is 2.28. The highest BCUT2D eigenvalue weighted by molar-refractivity contribution is 5.94. The van der Waals surface area contributed by atoms with Gasteiger partial charge in [-0.3, -0.25) is 9.78 Å². The topological polar surface area (TPSA) is 42.0 Å². The van der Waals surface area contributed by atoms with E-state index in [1.807, 2.05) is 0 Å². The van der Waals surface area contributed by atoms with Crippen LogP contribution in [0.2, 0.25) is 0 Å². The van der Waals surface area contributed by atoms with Gasteiger partial charge in [-0.05, 0) is 30.4 Å². The summed E-state index contributed by atoms with van der Waals surface area (Å²) in [6.07, 6.45) is 6.88. The third kappa shape index (κ3) is 2.84. The molecule has 0 spiro atoms. The van der Waals surface area contributed by atoms with Gasteiger partial charge in [-0.1, -0.05) is 26.7 Å².